The number of imidazole rings is 2. The van der Waals surface area contributed by atoms with Gasteiger partial charge in [-0.05, 0) is 4.92 Å². The van der Waals surface area contributed by atoms with E-state index in [1.165, 1.54) is 21.7 Å². The van der Waals surface area contributed by atoms with Crippen LogP contribution < -0.4 is 11.3 Å². The van der Waals surface area contributed by atoms with Crippen LogP contribution in [0.5, 0.6) is 0 Å². The summed E-state index contributed by atoms with van der Waals surface area (Å²) in [6, 6.07) is 0. The Labute approximate surface area is 157 Å². The molecule has 0 aromatic carbocycles. The second kappa shape index (κ2) is 9.54. The van der Waals surface area contributed by atoms with Crippen LogP contribution in [0.4, 0.5) is 11.8 Å². The van der Waals surface area contributed by atoms with Gasteiger partial charge in [0.2, 0.25) is 5.95 Å². The molecule has 0 aliphatic heterocycles. The maximum absolute atomic E-state index is 11.4. The maximum Gasteiger partial charge on any atom is 0.342 e. The first kappa shape index (κ1) is 20.9. The van der Waals surface area contributed by atoms with Crippen LogP contribution in [0.15, 0.2) is 17.3 Å². The number of hydrogen-bond acceptors (Lipinski definition) is 10. The van der Waals surface area contributed by atoms with Crippen molar-refractivity contribution in [2.75, 3.05) is 25.6 Å². The van der Waals surface area contributed by atoms with Crippen molar-refractivity contribution in [3.05, 3.63) is 38.8 Å². The zero-order chi connectivity index (χ0) is 20.7. The Morgan fingerprint density at radius 1 is 1.36 bits per heavy atom. The number of rotatable bonds is 7. The Bertz CT molecular complexity index is 994. The summed E-state index contributed by atoms with van der Waals surface area (Å²) in [5.74, 6) is 0.485. The first-order chi connectivity index (χ1) is 13.4. The number of aromatic nitrogens is 6. The van der Waals surface area contributed by atoms with E-state index >= 15 is 0 Å². The van der Waals surface area contributed by atoms with Crippen LogP contribution in [0.1, 0.15) is 5.82 Å². The molecule has 0 aliphatic rings. The number of hydrogen-bond donors (Lipinski definition) is 4. The van der Waals surface area contributed by atoms with Crippen molar-refractivity contribution < 1.29 is 19.9 Å². The van der Waals surface area contributed by atoms with Gasteiger partial charge in [0, 0.05) is 6.92 Å². The van der Waals surface area contributed by atoms with Crippen molar-refractivity contribution in [1.82, 2.24) is 29.1 Å². The minimum atomic E-state index is -0.518. The van der Waals surface area contributed by atoms with Gasteiger partial charge in [-0.3, -0.25) is 14.3 Å². The smallest absolute Gasteiger partial charge is 0.342 e. The van der Waals surface area contributed by atoms with Crippen molar-refractivity contribution >= 4 is 22.9 Å². The average molecular weight is 396 g/mol. The lowest BCUT2D eigenvalue weighted by Gasteiger charge is -2.03. The Morgan fingerprint density at radius 2 is 2.11 bits per heavy atom. The van der Waals surface area contributed by atoms with Crippen molar-refractivity contribution in [2.45, 2.75) is 20.2 Å². The lowest BCUT2D eigenvalue weighted by atomic mass is 10.5. The topological polar surface area (TPSA) is 200 Å². The number of aryl methyl sites for hydroxylation is 1. The standard InChI is InChI=1S/C8H11N5O3.C6H9N3O3/c9-8-11-6-5(7(15)12-8)10-3-13(6)4-16-2-1-14;1-5-7-4-6(9(11)12)8(5)2-3-10/h3,14H,1-2,4H2,(H3,9,11,12,15);4,10H,2-3H2,1H3. The second-order valence-corrected chi connectivity index (χ2v) is 5.39. The number of nitro groups is 1. The minimum Gasteiger partial charge on any atom is -0.394 e. The first-order valence-electron chi connectivity index (χ1n) is 8.05. The van der Waals surface area contributed by atoms with E-state index in [0.717, 1.165) is 0 Å². The molecule has 0 fully saturated rings. The summed E-state index contributed by atoms with van der Waals surface area (Å²) in [5, 5.41) is 27.5. The third-order valence-corrected chi connectivity index (χ3v) is 3.50. The van der Waals surface area contributed by atoms with Crippen LogP contribution in [0.3, 0.4) is 0 Å². The van der Waals surface area contributed by atoms with Crippen LogP contribution in [0.25, 0.3) is 11.2 Å². The molecule has 0 spiro atoms. The molecule has 0 saturated heterocycles. The molecule has 0 radical (unpaired) electrons. The van der Waals surface area contributed by atoms with E-state index in [0.29, 0.717) is 11.5 Å². The Morgan fingerprint density at radius 3 is 2.75 bits per heavy atom. The maximum atomic E-state index is 11.4. The molecule has 0 bridgehead atoms. The summed E-state index contributed by atoms with van der Waals surface area (Å²) >= 11 is 0. The zero-order valence-corrected chi connectivity index (χ0v) is 15.0. The molecule has 0 unspecified atom stereocenters. The molecular weight excluding hydrogens is 376 g/mol. The number of aliphatic hydroxyl groups is 2. The van der Waals surface area contributed by atoms with Gasteiger partial charge in [0.15, 0.2) is 17.0 Å². The van der Waals surface area contributed by atoms with E-state index in [1.807, 2.05) is 0 Å². The molecule has 3 aromatic heterocycles. The highest BCUT2D eigenvalue weighted by atomic mass is 16.6. The predicted molar refractivity (Wildman–Crippen MR) is 96.3 cm³/mol. The fraction of sp³-hybridized carbons (Fsp3) is 0.429. The summed E-state index contributed by atoms with van der Waals surface area (Å²) in [6.07, 6.45) is 2.62. The van der Waals surface area contributed by atoms with Gasteiger partial charge in [-0.2, -0.15) is 4.98 Å². The fourth-order valence-corrected chi connectivity index (χ4v) is 2.27. The van der Waals surface area contributed by atoms with Gasteiger partial charge < -0.3 is 30.8 Å². The van der Waals surface area contributed by atoms with Gasteiger partial charge >= 0.3 is 5.82 Å². The van der Waals surface area contributed by atoms with E-state index in [1.54, 1.807) is 6.92 Å². The quantitative estimate of drug-likeness (QED) is 0.213. The van der Waals surface area contributed by atoms with Gasteiger partial charge in [-0.15, -0.1) is 0 Å². The fourth-order valence-electron chi connectivity index (χ4n) is 2.27. The highest BCUT2D eigenvalue weighted by Crippen LogP contribution is 2.12. The summed E-state index contributed by atoms with van der Waals surface area (Å²) in [5.41, 5.74) is 5.60. The van der Waals surface area contributed by atoms with E-state index < -0.39 is 4.92 Å². The number of nitrogens with two attached hydrogens (primary N) is 1. The molecule has 28 heavy (non-hydrogen) atoms. The number of fused-ring (bicyclic) bond motifs is 1. The third kappa shape index (κ3) is 4.87. The number of anilines is 1. The Kier molecular flexibility index (Phi) is 7.14. The number of nitrogens with zero attached hydrogens (tertiary/aromatic N) is 6. The van der Waals surface area contributed by atoms with Crippen LogP contribution in [-0.2, 0) is 18.0 Å². The number of aliphatic hydroxyl groups excluding tert-OH is 2. The minimum absolute atomic E-state index is 0.0291. The summed E-state index contributed by atoms with van der Waals surface area (Å²) in [4.78, 5) is 35.2. The number of nitrogen functional groups attached to an aromatic ring is 1. The summed E-state index contributed by atoms with van der Waals surface area (Å²) in [7, 11) is 0. The van der Waals surface area contributed by atoms with E-state index in [-0.39, 0.29) is 55.9 Å². The van der Waals surface area contributed by atoms with Crippen LogP contribution in [-0.4, -0.2) is 64.0 Å². The van der Waals surface area contributed by atoms with E-state index in [2.05, 4.69) is 19.9 Å². The molecule has 0 aliphatic carbocycles. The normalized spacial score (nSPS) is 10.7. The summed E-state index contributed by atoms with van der Waals surface area (Å²) in [6.45, 7) is 2.04. The predicted octanol–water partition coefficient (Wildman–Crippen LogP) is -1.24. The van der Waals surface area contributed by atoms with Crippen molar-refractivity contribution in [1.29, 1.82) is 0 Å². The molecule has 14 heteroatoms. The molecule has 3 aromatic rings. The van der Waals surface area contributed by atoms with Crippen molar-refractivity contribution in [3.8, 4) is 0 Å². The van der Waals surface area contributed by atoms with Gasteiger partial charge in [0.05, 0.1) is 26.1 Å². The van der Waals surface area contributed by atoms with Gasteiger partial charge in [0.1, 0.15) is 19.5 Å². The lowest BCUT2D eigenvalue weighted by Crippen LogP contribution is -2.13. The third-order valence-electron chi connectivity index (χ3n) is 3.50. The Hall–Kier alpha value is -3.36. The monoisotopic (exact) mass is 396 g/mol. The molecule has 0 amide bonds. The number of aromatic amines is 1. The molecule has 0 saturated carbocycles. The average Bonchev–Trinajstić information content (AvgIpc) is 3.21. The SMILES string of the molecule is Cc1ncc([N+](=O)[O-])n1CCO.Nc1nc2c(ncn2COCCO)c(=O)[nH]1. The van der Waals surface area contributed by atoms with Crippen LogP contribution in [0.2, 0.25) is 0 Å². The van der Waals surface area contributed by atoms with Gasteiger partial charge in [-0.1, -0.05) is 0 Å². The zero-order valence-electron chi connectivity index (χ0n) is 15.0. The van der Waals surface area contributed by atoms with Gasteiger partial charge in [-0.25, -0.2) is 14.5 Å². The molecule has 3 rings (SSSR count). The highest BCUT2D eigenvalue weighted by Gasteiger charge is 2.15. The van der Waals surface area contributed by atoms with Gasteiger partial charge in [0.25, 0.3) is 5.56 Å². The Balaban J connectivity index is 0.000000209. The number of nitrogens with one attached hydrogen (secondary N) is 1. The molecule has 14 nitrogen and oxygen atoms in total. The van der Waals surface area contributed by atoms with E-state index in [9.17, 15) is 14.9 Å². The summed E-state index contributed by atoms with van der Waals surface area (Å²) < 4.78 is 7.99. The first-order valence-corrected chi connectivity index (χ1v) is 8.05. The molecule has 3 heterocycles. The van der Waals surface area contributed by atoms with Crippen LogP contribution >= 0.6 is 0 Å². The van der Waals surface area contributed by atoms with Crippen LogP contribution in [0, 0.1) is 17.0 Å². The molecular formula is C14H20N8O6. The molecule has 5 N–H and O–H groups in total. The van der Waals surface area contributed by atoms with Crippen molar-refractivity contribution in [3.63, 3.8) is 0 Å². The lowest BCUT2D eigenvalue weighted by molar-refractivity contribution is -0.392. The largest absolute Gasteiger partial charge is 0.394 e. The number of H-pyrrole nitrogens is 1. The van der Waals surface area contributed by atoms with E-state index in [4.69, 9.17) is 20.7 Å². The second-order valence-electron chi connectivity index (χ2n) is 5.39. The highest BCUT2D eigenvalue weighted by molar-refractivity contribution is 5.70. The molecule has 0 atom stereocenters. The number of ether oxygens (including phenoxy) is 1. The van der Waals surface area contributed by atoms with Crippen molar-refractivity contribution in [2.24, 2.45) is 0 Å². The molecule has 152 valence electrons.